The average molecular weight is 385 g/mol. The number of hydrogen-bond donors (Lipinski definition) is 1. The summed E-state index contributed by atoms with van der Waals surface area (Å²) in [6, 6.07) is 3.88. The van der Waals surface area contributed by atoms with Crippen molar-refractivity contribution in [2.45, 2.75) is 18.8 Å². The van der Waals surface area contributed by atoms with Crippen molar-refractivity contribution in [3.63, 3.8) is 0 Å². The molecule has 2 rings (SSSR count). The molecule has 3 nitrogen and oxygen atoms in total. The fraction of sp³-hybridized carbons (Fsp3) is 0.571. The van der Waals surface area contributed by atoms with Gasteiger partial charge < -0.3 is 10.1 Å². The molecule has 1 atom stereocenters. The molecule has 1 aliphatic heterocycles. The van der Waals surface area contributed by atoms with Gasteiger partial charge in [0.1, 0.15) is 5.75 Å². The monoisotopic (exact) mass is 384 g/mol. The maximum atomic E-state index is 12.9. The van der Waals surface area contributed by atoms with Crippen LogP contribution in [-0.4, -0.2) is 44.1 Å². The molecule has 8 heteroatoms. The molecule has 22 heavy (non-hydrogen) atoms. The van der Waals surface area contributed by atoms with Crippen molar-refractivity contribution in [2.24, 2.45) is 0 Å². The van der Waals surface area contributed by atoms with E-state index >= 15 is 0 Å². The minimum atomic E-state index is -4.77. The van der Waals surface area contributed by atoms with Crippen LogP contribution in [0.2, 0.25) is 0 Å². The second kappa shape index (κ2) is 7.61. The first-order valence-electron chi connectivity index (χ1n) is 6.96. The molecule has 1 aromatic carbocycles. The largest absolute Gasteiger partial charge is 0.573 e. The highest BCUT2D eigenvalue weighted by atomic mass is 79.9. The zero-order chi connectivity index (χ0) is 16.2. The first-order valence-corrected chi connectivity index (χ1v) is 7.76. The Kier molecular flexibility index (Phi) is 6.05. The summed E-state index contributed by atoms with van der Waals surface area (Å²) in [5.74, 6) is -0.271. The zero-order valence-corrected chi connectivity index (χ0v) is 13.4. The van der Waals surface area contributed by atoms with Crippen LogP contribution in [0.1, 0.15) is 18.0 Å². The predicted molar refractivity (Wildman–Crippen MR) is 78.6 cm³/mol. The summed E-state index contributed by atoms with van der Waals surface area (Å²) in [7, 11) is 0. The van der Waals surface area contributed by atoms with Gasteiger partial charge in [0, 0.05) is 42.3 Å². The standard InChI is InChI=1S/C14H17BrF4N2O/c15-10-1-2-13(22-14(17,18)19)11(9-10)12(3-4-16)21-7-5-20-6-8-21/h1-2,9,12,20H,3-8H2/t12-/m0/s1. The highest BCUT2D eigenvalue weighted by Crippen LogP contribution is 2.37. The maximum Gasteiger partial charge on any atom is 0.573 e. The molecule has 124 valence electrons. The Morgan fingerprint density at radius 3 is 2.55 bits per heavy atom. The Balaban J connectivity index is 2.33. The summed E-state index contributed by atoms with van der Waals surface area (Å²) in [5, 5.41) is 3.17. The van der Waals surface area contributed by atoms with Crippen LogP contribution < -0.4 is 10.1 Å². The van der Waals surface area contributed by atoms with Crippen molar-refractivity contribution in [2.75, 3.05) is 32.9 Å². The van der Waals surface area contributed by atoms with Crippen LogP contribution in [0.5, 0.6) is 5.75 Å². The topological polar surface area (TPSA) is 24.5 Å². The minimum Gasteiger partial charge on any atom is -0.405 e. The molecular weight excluding hydrogens is 368 g/mol. The number of hydrogen-bond acceptors (Lipinski definition) is 3. The molecule has 0 unspecified atom stereocenters. The summed E-state index contributed by atoms with van der Waals surface area (Å²) < 4.78 is 55.4. The van der Waals surface area contributed by atoms with Gasteiger partial charge in [-0.1, -0.05) is 15.9 Å². The van der Waals surface area contributed by atoms with E-state index in [1.54, 1.807) is 6.07 Å². The lowest BCUT2D eigenvalue weighted by molar-refractivity contribution is -0.275. The molecule has 0 spiro atoms. The molecule has 0 aliphatic carbocycles. The second-order valence-electron chi connectivity index (χ2n) is 5.01. The highest BCUT2D eigenvalue weighted by molar-refractivity contribution is 9.10. The van der Waals surface area contributed by atoms with Crippen LogP contribution >= 0.6 is 15.9 Å². The quantitative estimate of drug-likeness (QED) is 0.784. The minimum absolute atomic E-state index is 0.130. The highest BCUT2D eigenvalue weighted by Gasteiger charge is 2.34. The van der Waals surface area contributed by atoms with Gasteiger partial charge in [0.25, 0.3) is 0 Å². The molecule has 1 aliphatic rings. The number of nitrogens with one attached hydrogen (secondary N) is 1. The third-order valence-corrected chi connectivity index (χ3v) is 4.02. The van der Waals surface area contributed by atoms with Crippen LogP contribution in [0.15, 0.2) is 22.7 Å². The number of ether oxygens (including phenoxy) is 1. The Labute approximate surface area is 134 Å². The van der Waals surface area contributed by atoms with Crippen LogP contribution in [0, 0.1) is 0 Å². The summed E-state index contributed by atoms with van der Waals surface area (Å²) in [6.45, 7) is 2.16. The number of alkyl halides is 4. The van der Waals surface area contributed by atoms with Crippen LogP contribution in [0.3, 0.4) is 0 Å². The Morgan fingerprint density at radius 1 is 1.27 bits per heavy atom. The molecule has 0 aromatic heterocycles. The van der Waals surface area contributed by atoms with Gasteiger partial charge in [-0.3, -0.25) is 9.29 Å². The van der Waals surface area contributed by atoms with E-state index in [2.05, 4.69) is 26.0 Å². The Morgan fingerprint density at radius 2 is 1.95 bits per heavy atom. The number of piperazine rings is 1. The van der Waals surface area contributed by atoms with Crippen molar-refractivity contribution in [3.05, 3.63) is 28.2 Å². The van der Waals surface area contributed by atoms with E-state index in [9.17, 15) is 17.6 Å². The summed E-state index contributed by atoms with van der Waals surface area (Å²) in [4.78, 5) is 1.99. The van der Waals surface area contributed by atoms with Gasteiger partial charge in [0.2, 0.25) is 0 Å². The Hall–Kier alpha value is -0.860. The smallest absolute Gasteiger partial charge is 0.405 e. The number of halogens is 5. The summed E-state index contributed by atoms with van der Waals surface area (Å²) in [5.41, 5.74) is 0.353. The van der Waals surface area contributed by atoms with Crippen molar-refractivity contribution in [1.82, 2.24) is 10.2 Å². The van der Waals surface area contributed by atoms with Crippen molar-refractivity contribution in [1.29, 1.82) is 0 Å². The Bertz CT molecular complexity index is 492. The van der Waals surface area contributed by atoms with Gasteiger partial charge in [-0.25, -0.2) is 0 Å². The fourth-order valence-electron chi connectivity index (χ4n) is 2.63. The SMILES string of the molecule is FCC[C@@H](c1cc(Br)ccc1OC(F)(F)F)N1CCNCC1. The van der Waals surface area contributed by atoms with Gasteiger partial charge in [-0.2, -0.15) is 0 Å². The molecule has 0 bridgehead atoms. The number of rotatable bonds is 5. The molecule has 0 amide bonds. The van der Waals surface area contributed by atoms with Gasteiger partial charge in [0.15, 0.2) is 0 Å². The van der Waals surface area contributed by atoms with E-state index in [0.29, 0.717) is 23.1 Å². The van der Waals surface area contributed by atoms with Crippen molar-refractivity contribution >= 4 is 15.9 Å². The van der Waals surface area contributed by atoms with E-state index in [0.717, 1.165) is 13.1 Å². The molecule has 1 heterocycles. The van der Waals surface area contributed by atoms with Crippen LogP contribution in [0.25, 0.3) is 0 Å². The number of nitrogens with zero attached hydrogens (tertiary/aromatic N) is 1. The lowest BCUT2D eigenvalue weighted by atomic mass is 10.0. The molecular formula is C14H17BrF4N2O. The third kappa shape index (κ3) is 4.82. The molecule has 1 N–H and O–H groups in total. The van der Waals surface area contributed by atoms with E-state index in [1.807, 2.05) is 4.90 Å². The number of benzene rings is 1. The molecule has 0 radical (unpaired) electrons. The van der Waals surface area contributed by atoms with Crippen LogP contribution in [0.4, 0.5) is 17.6 Å². The summed E-state index contributed by atoms with van der Waals surface area (Å²) in [6.07, 6.45) is -4.64. The van der Waals surface area contributed by atoms with E-state index in [-0.39, 0.29) is 12.2 Å². The summed E-state index contributed by atoms with van der Waals surface area (Å²) >= 11 is 3.26. The molecule has 1 saturated heterocycles. The predicted octanol–water partition coefficient (Wildman–Crippen LogP) is 3.65. The molecule has 1 fully saturated rings. The average Bonchev–Trinajstić information content (AvgIpc) is 2.46. The zero-order valence-electron chi connectivity index (χ0n) is 11.8. The lowest BCUT2D eigenvalue weighted by Crippen LogP contribution is -2.45. The van der Waals surface area contributed by atoms with E-state index in [1.165, 1.54) is 12.1 Å². The van der Waals surface area contributed by atoms with Crippen molar-refractivity contribution in [3.8, 4) is 5.75 Å². The van der Waals surface area contributed by atoms with Gasteiger partial charge in [-0.15, -0.1) is 13.2 Å². The van der Waals surface area contributed by atoms with E-state index < -0.39 is 19.1 Å². The lowest BCUT2D eigenvalue weighted by Gasteiger charge is -2.35. The maximum absolute atomic E-state index is 12.9. The molecule has 1 aromatic rings. The first-order chi connectivity index (χ1) is 10.4. The van der Waals surface area contributed by atoms with Crippen LogP contribution in [-0.2, 0) is 0 Å². The third-order valence-electron chi connectivity index (χ3n) is 3.53. The van der Waals surface area contributed by atoms with E-state index in [4.69, 9.17) is 0 Å². The first kappa shape index (κ1) is 17.5. The fourth-order valence-corrected chi connectivity index (χ4v) is 3.01. The van der Waals surface area contributed by atoms with Gasteiger partial charge in [-0.05, 0) is 24.6 Å². The van der Waals surface area contributed by atoms with Gasteiger partial charge in [0.05, 0.1) is 6.67 Å². The van der Waals surface area contributed by atoms with Gasteiger partial charge >= 0.3 is 6.36 Å². The second-order valence-corrected chi connectivity index (χ2v) is 5.93. The van der Waals surface area contributed by atoms with Crippen molar-refractivity contribution < 1.29 is 22.3 Å². The normalized spacial score (nSPS) is 18.2. The molecule has 0 saturated carbocycles.